The molecule has 0 saturated carbocycles. The monoisotopic (exact) mass is 297 g/mol. The van der Waals surface area contributed by atoms with Gasteiger partial charge in [-0.1, -0.05) is 57.2 Å². The van der Waals surface area contributed by atoms with E-state index in [1.807, 2.05) is 6.07 Å². The number of carbonyl (C=O) groups is 1. The van der Waals surface area contributed by atoms with E-state index in [-0.39, 0.29) is 23.5 Å². The predicted octanol–water partition coefficient (Wildman–Crippen LogP) is 3.55. The van der Waals surface area contributed by atoms with Crippen LogP contribution in [0, 0.1) is 0 Å². The second kappa shape index (κ2) is 6.65. The summed E-state index contributed by atoms with van der Waals surface area (Å²) in [5.74, 6) is 0.133. The highest BCUT2D eigenvalue weighted by Gasteiger charge is 2.12. The van der Waals surface area contributed by atoms with Crippen LogP contribution in [-0.4, -0.2) is 11.0 Å². The second-order valence-electron chi connectivity index (χ2n) is 6.57. The molecule has 22 heavy (non-hydrogen) atoms. The molecular weight excluding hydrogens is 274 g/mol. The molecule has 0 bridgehead atoms. The number of rotatable bonds is 4. The van der Waals surface area contributed by atoms with Gasteiger partial charge >= 0.3 is 0 Å². The summed E-state index contributed by atoms with van der Waals surface area (Å²) in [6.07, 6.45) is 0.272. The quantitative estimate of drug-likeness (QED) is 0.906. The lowest BCUT2D eigenvalue weighted by Crippen LogP contribution is -2.24. The van der Waals surface area contributed by atoms with Gasteiger partial charge in [0.05, 0.1) is 6.42 Å². The summed E-state index contributed by atoms with van der Waals surface area (Å²) >= 11 is 0. The summed E-state index contributed by atoms with van der Waals surface area (Å²) in [4.78, 5) is 11.9. The van der Waals surface area contributed by atoms with Gasteiger partial charge in [-0.2, -0.15) is 0 Å². The zero-order valence-corrected chi connectivity index (χ0v) is 13.4. The molecule has 0 saturated heterocycles. The number of aromatic hydroxyl groups is 1. The molecule has 0 atom stereocenters. The highest BCUT2D eigenvalue weighted by molar-refractivity contribution is 5.78. The maximum Gasteiger partial charge on any atom is 0.224 e. The van der Waals surface area contributed by atoms with Gasteiger partial charge in [0.25, 0.3) is 0 Å². The molecule has 2 aromatic carbocycles. The first-order chi connectivity index (χ1) is 10.3. The molecular formula is C19H23NO2. The van der Waals surface area contributed by atoms with Gasteiger partial charge < -0.3 is 10.4 Å². The van der Waals surface area contributed by atoms with Gasteiger partial charge in [0.1, 0.15) is 5.75 Å². The minimum Gasteiger partial charge on any atom is -0.508 e. The fourth-order valence-electron chi connectivity index (χ4n) is 2.24. The molecule has 3 nitrogen and oxygen atoms in total. The lowest BCUT2D eigenvalue weighted by atomic mass is 9.87. The van der Waals surface area contributed by atoms with Crippen LogP contribution in [-0.2, 0) is 23.2 Å². The van der Waals surface area contributed by atoms with Crippen LogP contribution in [0.5, 0.6) is 5.75 Å². The predicted molar refractivity (Wildman–Crippen MR) is 88.8 cm³/mol. The van der Waals surface area contributed by atoms with Crippen molar-refractivity contribution in [2.24, 2.45) is 0 Å². The first-order valence-corrected chi connectivity index (χ1v) is 7.48. The van der Waals surface area contributed by atoms with Crippen LogP contribution in [0.3, 0.4) is 0 Å². The molecule has 0 aliphatic rings. The zero-order valence-electron chi connectivity index (χ0n) is 13.4. The number of benzene rings is 2. The summed E-state index contributed by atoms with van der Waals surface area (Å²) in [7, 11) is 0. The van der Waals surface area contributed by atoms with Gasteiger partial charge in [-0.3, -0.25) is 4.79 Å². The number of phenolic OH excluding ortho intramolecular Hbond substituents is 1. The van der Waals surface area contributed by atoms with Crippen molar-refractivity contribution in [2.75, 3.05) is 0 Å². The van der Waals surface area contributed by atoms with Crippen LogP contribution in [0.2, 0.25) is 0 Å². The Bertz CT molecular complexity index is 639. The van der Waals surface area contributed by atoms with Crippen LogP contribution in [0.25, 0.3) is 0 Å². The molecule has 0 aliphatic heterocycles. The summed E-state index contributed by atoms with van der Waals surface area (Å²) in [6, 6.07) is 15.1. The molecule has 2 N–H and O–H groups in total. The molecule has 0 fully saturated rings. The lowest BCUT2D eigenvalue weighted by molar-refractivity contribution is -0.120. The Morgan fingerprint density at radius 3 is 2.32 bits per heavy atom. The summed E-state index contributed by atoms with van der Waals surface area (Å²) in [6.45, 7) is 7.05. The van der Waals surface area contributed by atoms with Crippen LogP contribution in [0.1, 0.15) is 37.5 Å². The van der Waals surface area contributed by atoms with E-state index in [1.165, 1.54) is 5.56 Å². The first-order valence-electron chi connectivity index (χ1n) is 7.48. The highest BCUT2D eigenvalue weighted by Crippen LogP contribution is 2.22. The molecule has 2 aromatic rings. The fraction of sp³-hybridized carbons (Fsp3) is 0.316. The van der Waals surface area contributed by atoms with E-state index in [0.717, 1.165) is 11.1 Å². The second-order valence-corrected chi connectivity index (χ2v) is 6.57. The minimum absolute atomic E-state index is 0.0505. The molecule has 116 valence electrons. The summed E-state index contributed by atoms with van der Waals surface area (Å²) in [5, 5.41) is 12.3. The van der Waals surface area contributed by atoms with Gasteiger partial charge in [-0.05, 0) is 34.2 Å². The lowest BCUT2D eigenvalue weighted by Gasteiger charge is -2.19. The fourth-order valence-corrected chi connectivity index (χ4v) is 2.24. The topological polar surface area (TPSA) is 49.3 Å². The minimum atomic E-state index is -0.0505. The molecule has 0 aliphatic carbocycles. The number of amides is 1. The Balaban J connectivity index is 1.88. The van der Waals surface area contributed by atoms with Gasteiger partial charge in [0.2, 0.25) is 5.91 Å². The van der Waals surface area contributed by atoms with Crippen molar-refractivity contribution in [3.8, 4) is 5.75 Å². The molecule has 0 unspecified atom stereocenters. The molecule has 0 aromatic heterocycles. The maximum absolute atomic E-state index is 11.9. The largest absolute Gasteiger partial charge is 0.508 e. The van der Waals surface area contributed by atoms with Crippen LogP contribution in [0.15, 0.2) is 48.5 Å². The molecule has 1 amide bonds. The summed E-state index contributed by atoms with van der Waals surface area (Å²) < 4.78 is 0. The Morgan fingerprint density at radius 1 is 1.05 bits per heavy atom. The van der Waals surface area contributed by atoms with Crippen molar-refractivity contribution in [1.29, 1.82) is 0 Å². The van der Waals surface area contributed by atoms with E-state index in [1.54, 1.807) is 18.2 Å². The molecule has 0 radical (unpaired) electrons. The Morgan fingerprint density at radius 2 is 1.73 bits per heavy atom. The van der Waals surface area contributed by atoms with Crippen LogP contribution < -0.4 is 5.32 Å². The number of carbonyl (C=O) groups excluding carboxylic acids is 1. The average Bonchev–Trinajstić information content (AvgIpc) is 2.45. The Labute approximate surface area is 132 Å². The third kappa shape index (κ3) is 4.62. The average molecular weight is 297 g/mol. The van der Waals surface area contributed by atoms with Crippen molar-refractivity contribution >= 4 is 5.91 Å². The number of hydrogen-bond acceptors (Lipinski definition) is 2. The van der Waals surface area contributed by atoms with E-state index < -0.39 is 0 Å². The number of nitrogens with one attached hydrogen (secondary N) is 1. The molecule has 0 heterocycles. The number of phenols is 1. The zero-order chi connectivity index (χ0) is 16.2. The molecule has 0 spiro atoms. The van der Waals surface area contributed by atoms with E-state index in [2.05, 4.69) is 50.4 Å². The van der Waals surface area contributed by atoms with Gasteiger partial charge in [-0.15, -0.1) is 0 Å². The first kappa shape index (κ1) is 16.1. The van der Waals surface area contributed by atoms with E-state index in [9.17, 15) is 9.90 Å². The third-order valence-electron chi connectivity index (χ3n) is 3.58. The Hall–Kier alpha value is -2.29. The molecule has 3 heteroatoms. The van der Waals surface area contributed by atoms with Gasteiger partial charge in [0, 0.05) is 6.54 Å². The van der Waals surface area contributed by atoms with Crippen molar-refractivity contribution in [2.45, 2.75) is 39.2 Å². The van der Waals surface area contributed by atoms with E-state index >= 15 is 0 Å². The van der Waals surface area contributed by atoms with Crippen LogP contribution >= 0.6 is 0 Å². The number of hydrogen-bond donors (Lipinski definition) is 2. The van der Waals surface area contributed by atoms with Gasteiger partial charge in [-0.25, -0.2) is 0 Å². The van der Waals surface area contributed by atoms with E-state index in [0.29, 0.717) is 6.54 Å². The van der Waals surface area contributed by atoms with Gasteiger partial charge in [0.15, 0.2) is 0 Å². The SMILES string of the molecule is CC(C)(C)c1ccc(CNC(=O)Cc2cccc(O)c2)cc1. The standard InChI is InChI=1S/C19H23NO2/c1-19(2,3)16-9-7-14(8-10-16)13-20-18(22)12-15-5-4-6-17(21)11-15/h4-11,21H,12-13H2,1-3H3,(H,20,22). The van der Waals surface area contributed by atoms with Crippen LogP contribution in [0.4, 0.5) is 0 Å². The van der Waals surface area contributed by atoms with Crippen molar-refractivity contribution < 1.29 is 9.90 Å². The Kier molecular flexibility index (Phi) is 4.86. The molecule has 2 rings (SSSR count). The smallest absolute Gasteiger partial charge is 0.224 e. The third-order valence-corrected chi connectivity index (χ3v) is 3.58. The van der Waals surface area contributed by atoms with Crippen molar-refractivity contribution in [1.82, 2.24) is 5.32 Å². The van der Waals surface area contributed by atoms with Crippen molar-refractivity contribution in [3.63, 3.8) is 0 Å². The van der Waals surface area contributed by atoms with E-state index in [4.69, 9.17) is 0 Å². The highest BCUT2D eigenvalue weighted by atomic mass is 16.3. The maximum atomic E-state index is 11.9. The normalized spacial score (nSPS) is 11.2. The summed E-state index contributed by atoms with van der Waals surface area (Å²) in [5.41, 5.74) is 3.30. The van der Waals surface area contributed by atoms with Crippen molar-refractivity contribution in [3.05, 3.63) is 65.2 Å².